The summed E-state index contributed by atoms with van der Waals surface area (Å²) in [6, 6.07) is 5.85. The fourth-order valence-corrected chi connectivity index (χ4v) is 2.80. The Balaban J connectivity index is 2.44. The van der Waals surface area contributed by atoms with Gasteiger partial charge in [0.25, 0.3) is 0 Å². The highest BCUT2D eigenvalue weighted by Crippen LogP contribution is 2.24. The molecule has 0 saturated carbocycles. The monoisotopic (exact) mass is 350 g/mol. The van der Waals surface area contributed by atoms with Gasteiger partial charge in [0.2, 0.25) is 0 Å². The van der Waals surface area contributed by atoms with Crippen molar-refractivity contribution >= 4 is 22.2 Å². The number of ether oxygens (including phenoxy) is 1. The highest BCUT2D eigenvalue weighted by molar-refractivity contribution is 9.10. The van der Waals surface area contributed by atoms with E-state index in [0.717, 1.165) is 51.9 Å². The third-order valence-electron chi connectivity index (χ3n) is 3.54. The number of aryl methyl sites for hydroxylation is 1. The van der Waals surface area contributed by atoms with Crippen LogP contribution in [0, 0.1) is 0 Å². The molecule has 0 aliphatic carbocycles. The zero-order valence-corrected chi connectivity index (χ0v) is 14.1. The molecule has 5 heteroatoms. The third-order valence-corrected chi connectivity index (χ3v) is 4.31. The highest BCUT2D eigenvalue weighted by atomic mass is 79.9. The summed E-state index contributed by atoms with van der Waals surface area (Å²) < 4.78 is 8.19. The van der Waals surface area contributed by atoms with Crippen LogP contribution in [-0.4, -0.2) is 23.2 Å². The fourth-order valence-electron chi connectivity index (χ4n) is 2.43. The number of carbonyl (C=O) groups is 1. The molecule has 0 saturated heterocycles. The van der Waals surface area contributed by atoms with Crippen molar-refractivity contribution in [1.82, 2.24) is 9.78 Å². The zero-order valence-electron chi connectivity index (χ0n) is 12.5. The number of halogens is 1. The summed E-state index contributed by atoms with van der Waals surface area (Å²) in [5, 5.41) is 4.59. The highest BCUT2D eigenvalue weighted by Gasteiger charge is 2.15. The molecule has 1 aromatic carbocycles. The predicted molar refractivity (Wildman–Crippen MR) is 86.2 cm³/mol. The first kappa shape index (κ1) is 15.8. The Hall–Kier alpha value is -1.62. The topological polar surface area (TPSA) is 44.1 Å². The molecule has 0 unspecified atom stereocenters. The van der Waals surface area contributed by atoms with Crippen LogP contribution in [0.3, 0.4) is 0 Å². The van der Waals surface area contributed by atoms with E-state index in [2.05, 4.69) is 21.0 Å². The molecule has 4 nitrogen and oxygen atoms in total. The molecule has 1 aromatic heterocycles. The molecule has 2 rings (SSSR count). The van der Waals surface area contributed by atoms with Crippen molar-refractivity contribution in [3.63, 3.8) is 0 Å². The van der Waals surface area contributed by atoms with E-state index in [9.17, 15) is 4.79 Å². The zero-order chi connectivity index (χ0) is 15.4. The van der Waals surface area contributed by atoms with Gasteiger partial charge in [-0.15, -0.1) is 0 Å². The van der Waals surface area contributed by atoms with Gasteiger partial charge in [0.1, 0.15) is 5.75 Å². The minimum absolute atomic E-state index is 0.613. The van der Waals surface area contributed by atoms with E-state index in [4.69, 9.17) is 4.74 Å². The number of aldehydes is 1. The van der Waals surface area contributed by atoms with Crippen LogP contribution in [-0.2, 0) is 19.4 Å². The van der Waals surface area contributed by atoms with Gasteiger partial charge in [0.15, 0.2) is 6.29 Å². The number of hydrogen-bond donors (Lipinski definition) is 0. The number of methoxy groups -OCH3 is 1. The van der Waals surface area contributed by atoms with Gasteiger partial charge in [-0.2, -0.15) is 5.10 Å². The Morgan fingerprint density at radius 1 is 1.33 bits per heavy atom. The van der Waals surface area contributed by atoms with Crippen LogP contribution >= 0.6 is 15.9 Å². The van der Waals surface area contributed by atoms with E-state index in [1.165, 1.54) is 0 Å². The smallest absolute Gasteiger partial charge is 0.153 e. The van der Waals surface area contributed by atoms with E-state index < -0.39 is 0 Å². The van der Waals surface area contributed by atoms with Gasteiger partial charge < -0.3 is 4.74 Å². The maximum Gasteiger partial charge on any atom is 0.153 e. The molecule has 0 aliphatic rings. The van der Waals surface area contributed by atoms with Gasteiger partial charge >= 0.3 is 0 Å². The van der Waals surface area contributed by atoms with Crippen molar-refractivity contribution in [1.29, 1.82) is 0 Å². The van der Waals surface area contributed by atoms with Crippen LogP contribution < -0.4 is 4.74 Å². The number of hydrogen-bond acceptors (Lipinski definition) is 3. The van der Waals surface area contributed by atoms with Crippen LogP contribution in [0.2, 0.25) is 0 Å². The molecule has 0 aliphatic heterocycles. The van der Waals surface area contributed by atoms with E-state index in [-0.39, 0.29) is 0 Å². The summed E-state index contributed by atoms with van der Waals surface area (Å²) >= 11 is 3.56. The van der Waals surface area contributed by atoms with Crippen LogP contribution in [0.15, 0.2) is 22.7 Å². The molecule has 0 spiro atoms. The molecular formula is C16H19BrN2O2. The summed E-state index contributed by atoms with van der Waals surface area (Å²) in [4.78, 5) is 11.3. The number of rotatable bonds is 6. The van der Waals surface area contributed by atoms with Crippen molar-refractivity contribution in [3.05, 3.63) is 45.2 Å². The number of benzene rings is 1. The minimum Gasteiger partial charge on any atom is -0.497 e. The first-order chi connectivity index (χ1) is 10.1. The molecule has 0 fully saturated rings. The van der Waals surface area contributed by atoms with E-state index >= 15 is 0 Å². The van der Waals surface area contributed by atoms with Gasteiger partial charge in [0, 0.05) is 10.2 Å². The fraction of sp³-hybridized carbons (Fsp3) is 0.375. The average molecular weight is 351 g/mol. The second kappa shape index (κ2) is 6.89. The summed E-state index contributed by atoms with van der Waals surface area (Å²) in [6.45, 7) is 4.67. The van der Waals surface area contributed by atoms with Gasteiger partial charge in [-0.05, 0) is 36.6 Å². The SMILES string of the molecule is CCc1nn(Cc2cc(OC)ccc2Br)c(CC)c1C=O. The maximum absolute atomic E-state index is 11.3. The standard InChI is InChI=1S/C16H19BrN2O2/c1-4-15-13(10-20)16(5-2)19(18-15)9-11-8-12(21-3)6-7-14(11)17/h6-8,10H,4-5,9H2,1-3H3. The summed E-state index contributed by atoms with van der Waals surface area (Å²) in [7, 11) is 1.65. The first-order valence-corrected chi connectivity index (χ1v) is 7.80. The van der Waals surface area contributed by atoms with Gasteiger partial charge in [-0.1, -0.05) is 29.8 Å². The van der Waals surface area contributed by atoms with E-state index in [1.54, 1.807) is 7.11 Å². The molecule has 112 valence electrons. The van der Waals surface area contributed by atoms with Crippen molar-refractivity contribution in [2.24, 2.45) is 0 Å². The Morgan fingerprint density at radius 3 is 2.67 bits per heavy atom. The molecule has 0 bridgehead atoms. The summed E-state index contributed by atoms with van der Waals surface area (Å²) in [5.41, 5.74) is 3.66. The van der Waals surface area contributed by atoms with Crippen LogP contribution in [0.1, 0.15) is 41.2 Å². The van der Waals surface area contributed by atoms with Gasteiger partial charge in [0.05, 0.1) is 24.9 Å². The molecule has 21 heavy (non-hydrogen) atoms. The van der Waals surface area contributed by atoms with Gasteiger partial charge in [-0.3, -0.25) is 9.48 Å². The second-order valence-corrected chi connectivity index (χ2v) is 5.60. The largest absolute Gasteiger partial charge is 0.497 e. The van der Waals surface area contributed by atoms with Crippen molar-refractivity contribution in [2.75, 3.05) is 7.11 Å². The molecule has 0 amide bonds. The van der Waals surface area contributed by atoms with Gasteiger partial charge in [-0.25, -0.2) is 0 Å². The Bertz CT molecular complexity index is 650. The number of nitrogens with zero attached hydrogens (tertiary/aromatic N) is 2. The summed E-state index contributed by atoms with van der Waals surface area (Å²) in [5.74, 6) is 0.810. The van der Waals surface area contributed by atoms with Crippen LogP contribution in [0.25, 0.3) is 0 Å². The minimum atomic E-state index is 0.613. The molecule has 0 atom stereocenters. The first-order valence-electron chi connectivity index (χ1n) is 7.00. The number of carbonyl (C=O) groups excluding carboxylic acids is 1. The molecular weight excluding hydrogens is 332 g/mol. The van der Waals surface area contributed by atoms with Crippen molar-refractivity contribution < 1.29 is 9.53 Å². The van der Waals surface area contributed by atoms with Crippen molar-refractivity contribution in [2.45, 2.75) is 33.2 Å². The lowest BCUT2D eigenvalue weighted by Crippen LogP contribution is -2.07. The average Bonchev–Trinajstić information content (AvgIpc) is 2.85. The number of aromatic nitrogens is 2. The predicted octanol–water partition coefficient (Wildman–Crippen LogP) is 3.64. The third kappa shape index (κ3) is 3.18. The summed E-state index contributed by atoms with van der Waals surface area (Å²) in [6.07, 6.45) is 2.46. The van der Waals surface area contributed by atoms with Crippen molar-refractivity contribution in [3.8, 4) is 5.75 Å². The molecule has 0 radical (unpaired) electrons. The van der Waals surface area contributed by atoms with E-state index in [1.807, 2.05) is 36.7 Å². The molecule has 2 aromatic rings. The van der Waals surface area contributed by atoms with Crippen LogP contribution in [0.4, 0.5) is 0 Å². The lowest BCUT2D eigenvalue weighted by atomic mass is 10.1. The van der Waals surface area contributed by atoms with Crippen LogP contribution in [0.5, 0.6) is 5.75 Å². The normalized spacial score (nSPS) is 10.7. The lowest BCUT2D eigenvalue weighted by molar-refractivity contribution is 0.112. The quantitative estimate of drug-likeness (QED) is 0.747. The second-order valence-electron chi connectivity index (χ2n) is 4.75. The van der Waals surface area contributed by atoms with E-state index in [0.29, 0.717) is 6.54 Å². The maximum atomic E-state index is 11.3. The molecule has 0 N–H and O–H groups in total. The Kier molecular flexibility index (Phi) is 5.17. The Morgan fingerprint density at radius 2 is 2.10 bits per heavy atom. The molecule has 1 heterocycles. The lowest BCUT2D eigenvalue weighted by Gasteiger charge is -2.10. The Labute approximate surface area is 133 Å².